The molecule has 0 radical (unpaired) electrons. The fourth-order valence-corrected chi connectivity index (χ4v) is 3.02. The lowest BCUT2D eigenvalue weighted by Crippen LogP contribution is -2.32. The molecule has 1 N–H and O–H groups in total. The van der Waals surface area contributed by atoms with Crippen molar-refractivity contribution < 1.29 is 9.53 Å². The van der Waals surface area contributed by atoms with Crippen LogP contribution in [0.2, 0.25) is 0 Å². The van der Waals surface area contributed by atoms with Gasteiger partial charge in [0.1, 0.15) is 5.75 Å². The fourth-order valence-electron chi connectivity index (χ4n) is 2.66. The largest absolute Gasteiger partial charge is 0.484 e. The molecule has 0 saturated carbocycles. The van der Waals surface area contributed by atoms with E-state index in [0.717, 1.165) is 33.4 Å². The van der Waals surface area contributed by atoms with E-state index in [-0.39, 0.29) is 12.5 Å². The van der Waals surface area contributed by atoms with Gasteiger partial charge in [-0.3, -0.25) is 9.89 Å². The Kier molecular flexibility index (Phi) is 6.86. The van der Waals surface area contributed by atoms with Gasteiger partial charge in [-0.15, -0.1) is 0 Å². The number of hydrogen-bond donors (Lipinski definition) is 1. The Morgan fingerprint density at radius 2 is 1.89 bits per heavy atom. The van der Waals surface area contributed by atoms with Crippen LogP contribution in [0.3, 0.4) is 0 Å². The number of aryl methyl sites for hydroxylation is 1. The second-order valence-corrected chi connectivity index (χ2v) is 7.55. The van der Waals surface area contributed by atoms with Gasteiger partial charge in [0.05, 0.1) is 5.69 Å². The minimum Gasteiger partial charge on any atom is -0.484 e. The number of H-pyrrole nitrogens is 1. The van der Waals surface area contributed by atoms with Gasteiger partial charge < -0.3 is 9.64 Å². The van der Waals surface area contributed by atoms with E-state index < -0.39 is 0 Å². The molecule has 0 bridgehead atoms. The molecule has 0 aliphatic carbocycles. The van der Waals surface area contributed by atoms with Crippen molar-refractivity contribution in [3.8, 4) is 17.0 Å². The molecule has 0 aliphatic heterocycles. The van der Waals surface area contributed by atoms with Gasteiger partial charge in [0, 0.05) is 28.4 Å². The third-order valence-electron chi connectivity index (χ3n) is 4.24. The zero-order valence-electron chi connectivity index (χ0n) is 15.2. The highest BCUT2D eigenvalue weighted by atomic mass is 127. The van der Waals surface area contributed by atoms with Crippen LogP contribution in [0.25, 0.3) is 11.3 Å². The minimum absolute atomic E-state index is 0.0249. The van der Waals surface area contributed by atoms with Crippen molar-refractivity contribution in [2.45, 2.75) is 12.8 Å². The van der Waals surface area contributed by atoms with Crippen LogP contribution in [-0.2, 0) is 11.2 Å². The third-order valence-corrected chi connectivity index (χ3v) is 4.96. The molecule has 0 spiro atoms. The first-order chi connectivity index (χ1) is 13.1. The Morgan fingerprint density at radius 1 is 1.15 bits per heavy atom. The molecule has 3 rings (SSSR count). The van der Waals surface area contributed by atoms with Gasteiger partial charge in [0.25, 0.3) is 5.91 Å². The quantitative estimate of drug-likeness (QED) is 0.498. The smallest absolute Gasteiger partial charge is 0.260 e. The second kappa shape index (κ2) is 9.55. The average molecular weight is 475 g/mol. The number of amides is 1. The molecule has 3 aromatic rings. The number of rotatable bonds is 8. The molecular weight excluding hydrogens is 453 g/mol. The zero-order valence-corrected chi connectivity index (χ0v) is 17.3. The third kappa shape index (κ3) is 5.82. The van der Waals surface area contributed by atoms with Gasteiger partial charge in [-0.05, 0) is 65.8 Å². The Balaban J connectivity index is 1.41. The lowest BCUT2D eigenvalue weighted by molar-refractivity contribution is -0.132. The van der Waals surface area contributed by atoms with Gasteiger partial charge in [0.15, 0.2) is 6.61 Å². The number of carbonyl (C=O) groups is 1. The molecular formula is C21H22IN3O2. The van der Waals surface area contributed by atoms with E-state index in [1.54, 1.807) is 4.90 Å². The van der Waals surface area contributed by atoms with Gasteiger partial charge in [-0.1, -0.05) is 30.3 Å². The van der Waals surface area contributed by atoms with Crippen LogP contribution in [0.5, 0.6) is 5.75 Å². The predicted molar refractivity (Wildman–Crippen MR) is 115 cm³/mol. The van der Waals surface area contributed by atoms with Crippen molar-refractivity contribution in [2.75, 3.05) is 20.2 Å². The lowest BCUT2D eigenvalue weighted by Gasteiger charge is -2.17. The van der Waals surface area contributed by atoms with Crippen molar-refractivity contribution in [2.24, 2.45) is 0 Å². The Hall–Kier alpha value is -2.35. The van der Waals surface area contributed by atoms with E-state index in [4.69, 9.17) is 4.74 Å². The Labute approximate surface area is 172 Å². The van der Waals surface area contributed by atoms with Gasteiger partial charge >= 0.3 is 0 Å². The second-order valence-electron chi connectivity index (χ2n) is 6.31. The monoisotopic (exact) mass is 475 g/mol. The van der Waals surface area contributed by atoms with Crippen molar-refractivity contribution in [3.05, 3.63) is 69.9 Å². The molecule has 0 fully saturated rings. The lowest BCUT2D eigenvalue weighted by atomic mass is 10.1. The number of nitrogens with one attached hydrogen (secondary N) is 1. The number of carbonyl (C=O) groups excluding carboxylic acids is 1. The highest BCUT2D eigenvalue weighted by Gasteiger charge is 2.10. The zero-order chi connectivity index (χ0) is 19.1. The van der Waals surface area contributed by atoms with E-state index in [1.165, 1.54) is 0 Å². The van der Waals surface area contributed by atoms with Crippen LogP contribution in [0.15, 0.2) is 60.7 Å². The SMILES string of the molecule is CN(CCCc1cc(-c2ccccc2)n[nH]1)C(=O)COc1ccc(I)cc1. The Bertz CT molecular complexity index is 863. The van der Waals surface area contributed by atoms with Crippen LogP contribution in [-0.4, -0.2) is 41.2 Å². The van der Waals surface area contributed by atoms with Crippen molar-refractivity contribution in [1.82, 2.24) is 15.1 Å². The molecule has 0 atom stereocenters. The van der Waals surface area contributed by atoms with Crippen LogP contribution >= 0.6 is 22.6 Å². The molecule has 27 heavy (non-hydrogen) atoms. The summed E-state index contributed by atoms with van der Waals surface area (Å²) in [4.78, 5) is 13.9. The van der Waals surface area contributed by atoms with Crippen molar-refractivity contribution >= 4 is 28.5 Å². The van der Waals surface area contributed by atoms with E-state index in [2.05, 4.69) is 38.9 Å². The molecule has 6 heteroatoms. The number of likely N-dealkylation sites (N-methyl/N-ethyl adjacent to an activating group) is 1. The molecule has 1 aromatic heterocycles. The summed E-state index contributed by atoms with van der Waals surface area (Å²) in [6, 6.07) is 19.8. The summed E-state index contributed by atoms with van der Waals surface area (Å²) >= 11 is 2.24. The number of aromatic amines is 1. The standard InChI is InChI=1S/C21H22IN3O2/c1-25(21(26)15-27-19-11-9-17(22)10-12-19)13-5-8-18-14-20(24-23-18)16-6-3-2-4-7-16/h2-4,6-7,9-12,14H,5,8,13,15H2,1H3,(H,23,24). The van der Waals surface area contributed by atoms with E-state index >= 15 is 0 Å². The number of hydrogen-bond acceptors (Lipinski definition) is 3. The molecule has 0 aliphatic rings. The summed E-state index contributed by atoms with van der Waals surface area (Å²) in [5.74, 6) is 0.686. The maximum absolute atomic E-state index is 12.2. The summed E-state index contributed by atoms with van der Waals surface area (Å²) in [6.45, 7) is 0.730. The highest BCUT2D eigenvalue weighted by molar-refractivity contribution is 14.1. The number of aromatic nitrogens is 2. The Morgan fingerprint density at radius 3 is 2.63 bits per heavy atom. The maximum atomic E-state index is 12.2. The first kappa shape index (κ1) is 19.4. The molecule has 1 heterocycles. The van der Waals surface area contributed by atoms with Gasteiger partial charge in [0.2, 0.25) is 0 Å². The molecule has 1 amide bonds. The van der Waals surface area contributed by atoms with Gasteiger partial charge in [-0.25, -0.2) is 0 Å². The fraction of sp³-hybridized carbons (Fsp3) is 0.238. The maximum Gasteiger partial charge on any atom is 0.260 e. The molecule has 0 unspecified atom stereocenters. The van der Waals surface area contributed by atoms with Crippen molar-refractivity contribution in [3.63, 3.8) is 0 Å². The van der Waals surface area contributed by atoms with E-state index in [9.17, 15) is 4.79 Å². The first-order valence-corrected chi connectivity index (χ1v) is 9.92. The molecule has 0 saturated heterocycles. The van der Waals surface area contributed by atoms with Gasteiger partial charge in [-0.2, -0.15) is 5.10 Å². The molecule has 140 valence electrons. The normalized spacial score (nSPS) is 10.6. The van der Waals surface area contributed by atoms with E-state index in [0.29, 0.717) is 12.3 Å². The summed E-state index contributed by atoms with van der Waals surface area (Å²) in [7, 11) is 1.81. The minimum atomic E-state index is -0.0249. The van der Waals surface area contributed by atoms with Crippen LogP contribution < -0.4 is 4.74 Å². The van der Waals surface area contributed by atoms with Crippen molar-refractivity contribution in [1.29, 1.82) is 0 Å². The molecule has 2 aromatic carbocycles. The highest BCUT2D eigenvalue weighted by Crippen LogP contribution is 2.17. The number of nitrogens with zero attached hydrogens (tertiary/aromatic N) is 2. The first-order valence-electron chi connectivity index (χ1n) is 8.84. The van der Waals surface area contributed by atoms with E-state index in [1.807, 2.05) is 61.6 Å². The van der Waals surface area contributed by atoms with Crippen LogP contribution in [0, 0.1) is 3.57 Å². The average Bonchev–Trinajstić information content (AvgIpc) is 3.17. The number of ether oxygens (including phenoxy) is 1. The predicted octanol–water partition coefficient (Wildman–Crippen LogP) is 4.15. The summed E-state index contributed by atoms with van der Waals surface area (Å²) in [5, 5.41) is 7.44. The number of benzene rings is 2. The van der Waals surface area contributed by atoms with Crippen LogP contribution in [0.1, 0.15) is 12.1 Å². The van der Waals surface area contributed by atoms with Crippen LogP contribution in [0.4, 0.5) is 0 Å². The summed E-state index contributed by atoms with van der Waals surface area (Å²) < 4.78 is 6.69. The molecule has 5 nitrogen and oxygen atoms in total. The topological polar surface area (TPSA) is 58.2 Å². The number of halogens is 1. The summed E-state index contributed by atoms with van der Waals surface area (Å²) in [6.07, 6.45) is 1.71. The summed E-state index contributed by atoms with van der Waals surface area (Å²) in [5.41, 5.74) is 3.12.